The van der Waals surface area contributed by atoms with E-state index in [9.17, 15) is 9.59 Å². The van der Waals surface area contributed by atoms with Crippen LogP contribution in [0.25, 0.3) is 0 Å². The molecule has 2 N–H and O–H groups in total. The molecule has 0 saturated heterocycles. The topological polar surface area (TPSA) is 71.3 Å². The zero-order valence-corrected chi connectivity index (χ0v) is 12.2. The molecule has 0 fully saturated rings. The molecular formula is C12H17BrN2O3. The first kappa shape index (κ1) is 14.8. The maximum Gasteiger partial charge on any atom is 0.337 e. The van der Waals surface area contributed by atoms with Gasteiger partial charge in [0.25, 0.3) is 0 Å². The Kier molecular flexibility index (Phi) is 4.56. The Morgan fingerprint density at radius 3 is 2.56 bits per heavy atom. The minimum Gasteiger partial charge on any atom is -0.478 e. The summed E-state index contributed by atoms with van der Waals surface area (Å²) in [6.07, 6.45) is 2.26. The number of carbonyl (C=O) groups is 2. The number of aromatic carboxylic acids is 1. The summed E-state index contributed by atoms with van der Waals surface area (Å²) < 4.78 is 2.13. The van der Waals surface area contributed by atoms with Crippen LogP contribution in [0.5, 0.6) is 0 Å². The standard InChI is InChI=1S/C12H17BrN2O3/c1-4-12(2,3)14-10(16)7-15-6-8(11(17)18)5-9(15)13/h5-6H,4,7H2,1-3H3,(H,14,16)(H,17,18). The second-order valence-corrected chi connectivity index (χ2v) is 5.58. The van der Waals surface area contributed by atoms with E-state index in [0.29, 0.717) is 4.60 Å². The summed E-state index contributed by atoms with van der Waals surface area (Å²) >= 11 is 3.23. The number of nitrogens with zero attached hydrogens (tertiary/aromatic N) is 1. The summed E-state index contributed by atoms with van der Waals surface area (Å²) in [5.41, 5.74) is -0.101. The average Bonchev–Trinajstić information content (AvgIpc) is 2.59. The molecule has 0 aliphatic rings. The van der Waals surface area contributed by atoms with Gasteiger partial charge in [0.15, 0.2) is 0 Å². The van der Waals surface area contributed by atoms with Crippen molar-refractivity contribution in [1.82, 2.24) is 9.88 Å². The predicted octanol–water partition coefficient (Wildman–Crippen LogP) is 2.25. The van der Waals surface area contributed by atoms with Gasteiger partial charge >= 0.3 is 5.97 Å². The minimum absolute atomic E-state index is 0.0945. The summed E-state index contributed by atoms with van der Waals surface area (Å²) in [6.45, 7) is 5.97. The zero-order chi connectivity index (χ0) is 13.9. The minimum atomic E-state index is -1.01. The highest BCUT2D eigenvalue weighted by molar-refractivity contribution is 9.10. The summed E-state index contributed by atoms with van der Waals surface area (Å²) in [5.74, 6) is -1.15. The SMILES string of the molecule is CCC(C)(C)NC(=O)Cn1cc(C(=O)O)cc1Br. The van der Waals surface area contributed by atoms with Crippen molar-refractivity contribution in [3.05, 3.63) is 22.4 Å². The molecule has 0 bridgehead atoms. The van der Waals surface area contributed by atoms with Gasteiger partial charge < -0.3 is 15.0 Å². The van der Waals surface area contributed by atoms with Crippen molar-refractivity contribution >= 4 is 27.8 Å². The molecule has 1 rings (SSSR count). The van der Waals surface area contributed by atoms with E-state index in [4.69, 9.17) is 5.11 Å². The lowest BCUT2D eigenvalue weighted by Gasteiger charge is -2.24. The fourth-order valence-corrected chi connectivity index (χ4v) is 1.85. The van der Waals surface area contributed by atoms with E-state index < -0.39 is 5.97 Å². The molecule has 0 unspecified atom stereocenters. The van der Waals surface area contributed by atoms with Gasteiger partial charge in [0.05, 0.1) is 10.2 Å². The Balaban J connectivity index is 2.73. The monoisotopic (exact) mass is 316 g/mol. The van der Waals surface area contributed by atoms with E-state index in [1.165, 1.54) is 12.3 Å². The second-order valence-electron chi connectivity index (χ2n) is 4.77. The molecule has 18 heavy (non-hydrogen) atoms. The third-order valence-corrected chi connectivity index (χ3v) is 3.45. The van der Waals surface area contributed by atoms with Gasteiger partial charge in [-0.05, 0) is 42.3 Å². The van der Waals surface area contributed by atoms with Crippen LogP contribution in [0.3, 0.4) is 0 Å². The first-order valence-electron chi connectivity index (χ1n) is 5.65. The summed E-state index contributed by atoms with van der Waals surface area (Å²) in [7, 11) is 0. The molecule has 1 aromatic heterocycles. The molecule has 1 amide bonds. The Bertz CT molecular complexity index is 466. The van der Waals surface area contributed by atoms with Gasteiger partial charge in [0, 0.05) is 11.7 Å². The molecule has 1 heterocycles. The highest BCUT2D eigenvalue weighted by Crippen LogP contribution is 2.15. The lowest BCUT2D eigenvalue weighted by Crippen LogP contribution is -2.44. The highest BCUT2D eigenvalue weighted by atomic mass is 79.9. The highest BCUT2D eigenvalue weighted by Gasteiger charge is 2.19. The van der Waals surface area contributed by atoms with Crippen LogP contribution in [0.15, 0.2) is 16.9 Å². The van der Waals surface area contributed by atoms with E-state index in [2.05, 4.69) is 21.2 Å². The van der Waals surface area contributed by atoms with Crippen molar-refractivity contribution in [3.8, 4) is 0 Å². The quantitative estimate of drug-likeness (QED) is 0.875. The van der Waals surface area contributed by atoms with Crippen LogP contribution in [0, 0.1) is 0 Å². The van der Waals surface area contributed by atoms with Crippen molar-refractivity contribution < 1.29 is 14.7 Å². The molecule has 0 aliphatic carbocycles. The van der Waals surface area contributed by atoms with Crippen molar-refractivity contribution in [2.75, 3.05) is 0 Å². The molecule has 0 aliphatic heterocycles. The van der Waals surface area contributed by atoms with Crippen LogP contribution in [0.2, 0.25) is 0 Å². The van der Waals surface area contributed by atoms with Crippen LogP contribution in [-0.4, -0.2) is 27.1 Å². The van der Waals surface area contributed by atoms with Crippen LogP contribution >= 0.6 is 15.9 Å². The molecule has 0 radical (unpaired) electrons. The molecule has 0 saturated carbocycles. The van der Waals surface area contributed by atoms with E-state index in [1.54, 1.807) is 4.57 Å². The van der Waals surface area contributed by atoms with Gasteiger partial charge in [-0.3, -0.25) is 4.79 Å². The molecule has 100 valence electrons. The molecule has 5 nitrogen and oxygen atoms in total. The van der Waals surface area contributed by atoms with Crippen LogP contribution in [-0.2, 0) is 11.3 Å². The Hall–Kier alpha value is -1.30. The Morgan fingerprint density at radius 2 is 2.11 bits per heavy atom. The molecular weight excluding hydrogens is 300 g/mol. The number of halogens is 1. The molecule has 0 atom stereocenters. The lowest BCUT2D eigenvalue weighted by molar-refractivity contribution is -0.123. The number of hydrogen-bond donors (Lipinski definition) is 2. The largest absolute Gasteiger partial charge is 0.478 e. The number of aromatic nitrogens is 1. The van der Waals surface area contributed by atoms with E-state index in [0.717, 1.165) is 6.42 Å². The number of hydrogen-bond acceptors (Lipinski definition) is 2. The Morgan fingerprint density at radius 1 is 1.50 bits per heavy atom. The predicted molar refractivity (Wildman–Crippen MR) is 71.6 cm³/mol. The number of rotatable bonds is 5. The third kappa shape index (κ3) is 3.87. The first-order chi connectivity index (χ1) is 8.25. The van der Waals surface area contributed by atoms with Crippen molar-refractivity contribution in [2.24, 2.45) is 0 Å². The van der Waals surface area contributed by atoms with Gasteiger partial charge in [0.2, 0.25) is 5.91 Å². The zero-order valence-electron chi connectivity index (χ0n) is 10.7. The number of carboxylic acids is 1. The summed E-state index contributed by atoms with van der Waals surface area (Å²) in [6, 6.07) is 1.47. The summed E-state index contributed by atoms with van der Waals surface area (Å²) in [5, 5.41) is 11.7. The van der Waals surface area contributed by atoms with Gasteiger partial charge in [-0.2, -0.15) is 0 Å². The number of nitrogens with one attached hydrogen (secondary N) is 1. The van der Waals surface area contributed by atoms with Crippen molar-refractivity contribution in [1.29, 1.82) is 0 Å². The fourth-order valence-electron chi connectivity index (χ4n) is 1.38. The van der Waals surface area contributed by atoms with Crippen molar-refractivity contribution in [3.63, 3.8) is 0 Å². The van der Waals surface area contributed by atoms with E-state index in [-0.39, 0.29) is 23.6 Å². The van der Waals surface area contributed by atoms with Gasteiger partial charge in [-0.15, -0.1) is 0 Å². The molecule has 6 heteroatoms. The average molecular weight is 317 g/mol. The van der Waals surface area contributed by atoms with E-state index in [1.807, 2.05) is 20.8 Å². The molecule has 0 aromatic carbocycles. The van der Waals surface area contributed by atoms with Crippen molar-refractivity contribution in [2.45, 2.75) is 39.3 Å². The van der Waals surface area contributed by atoms with Gasteiger partial charge in [-0.25, -0.2) is 4.79 Å². The maximum absolute atomic E-state index is 11.8. The third-order valence-electron chi connectivity index (χ3n) is 2.77. The van der Waals surface area contributed by atoms with E-state index >= 15 is 0 Å². The second kappa shape index (κ2) is 5.56. The van der Waals surface area contributed by atoms with Gasteiger partial charge in [-0.1, -0.05) is 6.92 Å². The molecule has 0 spiro atoms. The molecule has 1 aromatic rings. The number of amides is 1. The van der Waals surface area contributed by atoms with Crippen LogP contribution < -0.4 is 5.32 Å². The van der Waals surface area contributed by atoms with Gasteiger partial charge in [0.1, 0.15) is 6.54 Å². The normalized spacial score (nSPS) is 11.3. The lowest BCUT2D eigenvalue weighted by atomic mass is 10.0. The first-order valence-corrected chi connectivity index (χ1v) is 6.44. The smallest absolute Gasteiger partial charge is 0.337 e. The Labute approximate surface area is 114 Å². The van der Waals surface area contributed by atoms with Crippen LogP contribution in [0.4, 0.5) is 0 Å². The van der Waals surface area contributed by atoms with Crippen LogP contribution in [0.1, 0.15) is 37.6 Å². The number of carboxylic acid groups (broad SMARTS) is 1. The number of carbonyl (C=O) groups excluding carboxylic acids is 1. The summed E-state index contributed by atoms with van der Waals surface area (Å²) in [4.78, 5) is 22.6. The maximum atomic E-state index is 11.8. The fraction of sp³-hybridized carbons (Fsp3) is 0.500.